The summed E-state index contributed by atoms with van der Waals surface area (Å²) in [7, 11) is 2.13. The maximum absolute atomic E-state index is 5.79. The predicted molar refractivity (Wildman–Crippen MR) is 88.2 cm³/mol. The Hall–Kier alpha value is -1.72. The molecule has 2 aromatic rings. The summed E-state index contributed by atoms with van der Waals surface area (Å²) in [6.07, 6.45) is 4.63. The van der Waals surface area contributed by atoms with Gasteiger partial charge in [-0.15, -0.1) is 0 Å². The van der Waals surface area contributed by atoms with Crippen LogP contribution in [0.4, 0.5) is 0 Å². The number of rotatable bonds is 3. The van der Waals surface area contributed by atoms with Gasteiger partial charge >= 0.3 is 0 Å². The maximum atomic E-state index is 5.79. The van der Waals surface area contributed by atoms with Crippen LogP contribution in [0.5, 0.6) is 0 Å². The Balaban J connectivity index is 1.68. The van der Waals surface area contributed by atoms with Crippen LogP contribution in [0, 0.1) is 0 Å². The topological polar surface area (TPSA) is 54.2 Å². The van der Waals surface area contributed by atoms with Gasteiger partial charge in [0.25, 0.3) is 0 Å². The van der Waals surface area contributed by atoms with E-state index in [0.29, 0.717) is 0 Å². The van der Waals surface area contributed by atoms with Crippen LogP contribution in [0.1, 0.15) is 49.0 Å². The molecule has 1 saturated carbocycles. The van der Waals surface area contributed by atoms with Crippen molar-refractivity contribution < 1.29 is 4.52 Å². The lowest BCUT2D eigenvalue weighted by Crippen LogP contribution is -2.44. The van der Waals surface area contributed by atoms with Crippen LogP contribution >= 0.6 is 0 Å². The van der Waals surface area contributed by atoms with Crippen LogP contribution in [-0.2, 0) is 5.41 Å². The predicted octanol–water partition coefficient (Wildman–Crippen LogP) is 2.51. The van der Waals surface area contributed by atoms with E-state index in [4.69, 9.17) is 9.51 Å². The Morgan fingerprint density at radius 1 is 1.22 bits per heavy atom. The highest BCUT2D eigenvalue weighted by Gasteiger charge is 2.43. The Morgan fingerprint density at radius 3 is 2.74 bits per heavy atom. The van der Waals surface area contributed by atoms with Crippen molar-refractivity contribution in [1.29, 1.82) is 0 Å². The van der Waals surface area contributed by atoms with Gasteiger partial charge in [0, 0.05) is 19.6 Å². The lowest BCUT2D eigenvalue weighted by molar-refractivity contribution is 0.190. The molecule has 1 N–H and O–H groups in total. The summed E-state index contributed by atoms with van der Waals surface area (Å²) in [4.78, 5) is 7.16. The third kappa shape index (κ3) is 2.58. The fraction of sp³-hybridized carbons (Fsp3) is 0.556. The van der Waals surface area contributed by atoms with Gasteiger partial charge in [0.15, 0.2) is 5.82 Å². The molecule has 0 spiro atoms. The van der Waals surface area contributed by atoms with Gasteiger partial charge < -0.3 is 9.84 Å². The van der Waals surface area contributed by atoms with Gasteiger partial charge in [0.2, 0.25) is 5.89 Å². The van der Waals surface area contributed by atoms with Crippen molar-refractivity contribution in [3.63, 3.8) is 0 Å². The van der Waals surface area contributed by atoms with Crippen molar-refractivity contribution in [1.82, 2.24) is 20.4 Å². The second-order valence-corrected chi connectivity index (χ2v) is 6.81. The van der Waals surface area contributed by atoms with Gasteiger partial charge in [-0.05, 0) is 25.5 Å². The molecule has 122 valence electrons. The number of benzene rings is 1. The Kier molecular flexibility index (Phi) is 3.91. The van der Waals surface area contributed by atoms with E-state index in [0.717, 1.165) is 44.2 Å². The lowest BCUT2D eigenvalue weighted by Gasteiger charge is -2.30. The monoisotopic (exact) mass is 312 g/mol. The number of hydrogen-bond donors (Lipinski definition) is 1. The highest BCUT2D eigenvalue weighted by atomic mass is 16.5. The Bertz CT molecular complexity index is 648. The fourth-order valence-corrected chi connectivity index (χ4v) is 4.02. The van der Waals surface area contributed by atoms with Crippen LogP contribution in [0.2, 0.25) is 0 Å². The van der Waals surface area contributed by atoms with Crippen molar-refractivity contribution in [2.24, 2.45) is 0 Å². The molecule has 23 heavy (non-hydrogen) atoms. The standard InChI is InChI=1S/C18H24N4O/c1-22-12-11-19-13-15(22)16-20-17(23-21-16)18(9-5-6-10-18)14-7-3-2-4-8-14/h2-4,7-8,15,19H,5-6,9-13H2,1H3. The van der Waals surface area contributed by atoms with Crippen molar-refractivity contribution in [2.45, 2.75) is 37.1 Å². The third-order valence-corrected chi connectivity index (χ3v) is 5.44. The van der Waals surface area contributed by atoms with Gasteiger partial charge in [-0.1, -0.05) is 48.3 Å². The quantitative estimate of drug-likeness (QED) is 0.944. The number of aromatic nitrogens is 2. The minimum atomic E-state index is -0.0901. The molecule has 2 aliphatic rings. The van der Waals surface area contributed by atoms with Crippen LogP contribution in [0.15, 0.2) is 34.9 Å². The molecule has 0 bridgehead atoms. The van der Waals surface area contributed by atoms with E-state index in [9.17, 15) is 0 Å². The zero-order chi connectivity index (χ0) is 15.7. The number of piperazine rings is 1. The van der Waals surface area contributed by atoms with Crippen molar-refractivity contribution in [3.8, 4) is 0 Å². The molecule has 5 heteroatoms. The lowest BCUT2D eigenvalue weighted by atomic mass is 9.79. The zero-order valence-corrected chi connectivity index (χ0v) is 13.7. The maximum Gasteiger partial charge on any atom is 0.237 e. The first-order chi connectivity index (χ1) is 11.3. The first-order valence-corrected chi connectivity index (χ1v) is 8.60. The first kappa shape index (κ1) is 14.8. The molecular formula is C18H24N4O. The minimum Gasteiger partial charge on any atom is -0.338 e. The number of nitrogens with one attached hydrogen (secondary N) is 1. The molecule has 1 atom stereocenters. The molecule has 4 rings (SSSR count). The van der Waals surface area contributed by atoms with E-state index in [1.165, 1.54) is 18.4 Å². The van der Waals surface area contributed by atoms with Crippen molar-refractivity contribution in [3.05, 3.63) is 47.6 Å². The van der Waals surface area contributed by atoms with Gasteiger partial charge in [-0.2, -0.15) is 4.98 Å². The second-order valence-electron chi connectivity index (χ2n) is 6.81. The molecule has 1 aliphatic heterocycles. The normalized spacial score (nSPS) is 24.8. The molecule has 1 unspecified atom stereocenters. The van der Waals surface area contributed by atoms with Crippen LogP contribution in [0.25, 0.3) is 0 Å². The summed E-state index contributed by atoms with van der Waals surface area (Å²) >= 11 is 0. The average molecular weight is 312 g/mol. The van der Waals surface area contributed by atoms with Crippen molar-refractivity contribution >= 4 is 0 Å². The molecule has 2 fully saturated rings. The first-order valence-electron chi connectivity index (χ1n) is 8.60. The third-order valence-electron chi connectivity index (χ3n) is 5.44. The van der Waals surface area contributed by atoms with Gasteiger partial charge in [-0.3, -0.25) is 4.90 Å². The highest BCUT2D eigenvalue weighted by Crippen LogP contribution is 2.45. The van der Waals surface area contributed by atoms with E-state index in [1.54, 1.807) is 0 Å². The number of hydrogen-bond acceptors (Lipinski definition) is 5. The fourth-order valence-electron chi connectivity index (χ4n) is 4.02. The van der Waals surface area contributed by atoms with E-state index in [1.807, 2.05) is 0 Å². The molecule has 0 amide bonds. The summed E-state index contributed by atoms with van der Waals surface area (Å²) in [6.45, 7) is 2.91. The highest BCUT2D eigenvalue weighted by molar-refractivity contribution is 5.33. The van der Waals surface area contributed by atoms with Crippen LogP contribution in [0.3, 0.4) is 0 Å². The number of nitrogens with zero attached hydrogens (tertiary/aromatic N) is 3. The second kappa shape index (κ2) is 6.06. The molecule has 1 aromatic carbocycles. The Morgan fingerprint density at radius 2 is 2.00 bits per heavy atom. The summed E-state index contributed by atoms with van der Waals surface area (Å²) in [6, 6.07) is 10.9. The summed E-state index contributed by atoms with van der Waals surface area (Å²) < 4.78 is 5.79. The minimum absolute atomic E-state index is 0.0901. The molecule has 0 radical (unpaired) electrons. The van der Waals surface area contributed by atoms with E-state index in [2.05, 4.69) is 52.8 Å². The summed E-state index contributed by atoms with van der Waals surface area (Å²) in [5.74, 6) is 1.62. The van der Waals surface area contributed by atoms with Gasteiger partial charge in [0.1, 0.15) is 0 Å². The van der Waals surface area contributed by atoms with E-state index in [-0.39, 0.29) is 11.5 Å². The SMILES string of the molecule is CN1CCNCC1c1noc(C2(c3ccccc3)CCCC2)n1. The van der Waals surface area contributed by atoms with E-state index < -0.39 is 0 Å². The number of likely N-dealkylation sites (N-methyl/N-ethyl adjacent to an activating group) is 1. The zero-order valence-electron chi connectivity index (χ0n) is 13.7. The molecule has 1 saturated heterocycles. The van der Waals surface area contributed by atoms with Crippen LogP contribution in [-0.4, -0.2) is 41.7 Å². The molecule has 1 aliphatic carbocycles. The average Bonchev–Trinajstić information content (AvgIpc) is 3.26. The van der Waals surface area contributed by atoms with Gasteiger partial charge in [0.05, 0.1) is 11.5 Å². The molecule has 2 heterocycles. The van der Waals surface area contributed by atoms with Gasteiger partial charge in [-0.25, -0.2) is 0 Å². The Labute approximate surface area is 137 Å². The van der Waals surface area contributed by atoms with Crippen LogP contribution < -0.4 is 5.32 Å². The molecule has 1 aromatic heterocycles. The molecular weight excluding hydrogens is 288 g/mol. The summed E-state index contributed by atoms with van der Waals surface area (Å²) in [5, 5.41) is 7.76. The molecule has 5 nitrogen and oxygen atoms in total. The largest absolute Gasteiger partial charge is 0.338 e. The smallest absolute Gasteiger partial charge is 0.237 e. The van der Waals surface area contributed by atoms with E-state index >= 15 is 0 Å². The van der Waals surface area contributed by atoms with Crippen molar-refractivity contribution in [2.75, 3.05) is 26.7 Å². The summed E-state index contributed by atoms with van der Waals surface area (Å²) in [5.41, 5.74) is 1.22.